The van der Waals surface area contributed by atoms with E-state index in [9.17, 15) is 5.11 Å². The summed E-state index contributed by atoms with van der Waals surface area (Å²) in [6, 6.07) is 9.43. The molecule has 0 aliphatic rings. The number of benzene rings is 1. The lowest BCUT2D eigenvalue weighted by molar-refractivity contribution is 0.177. The lowest BCUT2D eigenvalue weighted by Gasteiger charge is -2.13. The van der Waals surface area contributed by atoms with Crippen molar-refractivity contribution < 1.29 is 14.3 Å². The molecule has 1 atom stereocenters. The molecule has 1 N–H and O–H groups in total. The third-order valence-electron chi connectivity index (χ3n) is 2.62. The van der Waals surface area contributed by atoms with E-state index in [2.05, 4.69) is 0 Å². The molecular formula is C15H18O3. The van der Waals surface area contributed by atoms with Crippen molar-refractivity contribution >= 4 is 0 Å². The Morgan fingerprint density at radius 2 is 2.11 bits per heavy atom. The maximum atomic E-state index is 10.2. The molecule has 0 bridgehead atoms. The van der Waals surface area contributed by atoms with Crippen LogP contribution in [-0.4, -0.2) is 11.2 Å². The maximum Gasteiger partial charge on any atom is 0.120 e. The molecule has 3 heteroatoms. The number of aliphatic hydroxyl groups excluding tert-OH is 1. The molecule has 1 heterocycles. The maximum absolute atomic E-state index is 10.2. The van der Waals surface area contributed by atoms with Crippen molar-refractivity contribution in [3.05, 3.63) is 54.0 Å². The Morgan fingerprint density at radius 3 is 2.78 bits per heavy atom. The van der Waals surface area contributed by atoms with E-state index in [0.717, 1.165) is 16.9 Å². The van der Waals surface area contributed by atoms with Crippen molar-refractivity contribution in [2.45, 2.75) is 32.5 Å². The van der Waals surface area contributed by atoms with E-state index < -0.39 is 6.10 Å². The fourth-order valence-electron chi connectivity index (χ4n) is 1.82. The van der Waals surface area contributed by atoms with E-state index in [1.54, 1.807) is 12.5 Å². The molecule has 1 unspecified atom stereocenters. The molecule has 96 valence electrons. The van der Waals surface area contributed by atoms with Gasteiger partial charge in [0.2, 0.25) is 0 Å². The van der Waals surface area contributed by atoms with Gasteiger partial charge in [-0.15, -0.1) is 0 Å². The molecule has 1 aromatic carbocycles. The van der Waals surface area contributed by atoms with E-state index in [4.69, 9.17) is 9.15 Å². The normalized spacial score (nSPS) is 12.7. The van der Waals surface area contributed by atoms with Gasteiger partial charge in [0.05, 0.1) is 24.7 Å². The van der Waals surface area contributed by atoms with Crippen LogP contribution in [0.15, 0.2) is 47.3 Å². The summed E-state index contributed by atoms with van der Waals surface area (Å²) in [5.41, 5.74) is 1.84. The molecule has 1 aromatic heterocycles. The first kappa shape index (κ1) is 12.7. The van der Waals surface area contributed by atoms with E-state index in [1.807, 2.05) is 44.2 Å². The van der Waals surface area contributed by atoms with Crippen molar-refractivity contribution in [1.82, 2.24) is 0 Å². The highest BCUT2D eigenvalue weighted by Crippen LogP contribution is 2.23. The summed E-state index contributed by atoms with van der Waals surface area (Å²) in [6.07, 6.45) is 3.39. The van der Waals surface area contributed by atoms with E-state index in [1.165, 1.54) is 0 Å². The van der Waals surface area contributed by atoms with Crippen LogP contribution in [-0.2, 0) is 6.42 Å². The minimum atomic E-state index is -0.543. The van der Waals surface area contributed by atoms with Crippen LogP contribution in [0.4, 0.5) is 0 Å². The Kier molecular flexibility index (Phi) is 4.05. The second-order valence-corrected chi connectivity index (χ2v) is 4.59. The minimum Gasteiger partial charge on any atom is -0.491 e. The van der Waals surface area contributed by atoms with E-state index in [-0.39, 0.29) is 6.10 Å². The standard InChI is InChI=1S/C15H18O3/c1-11(2)18-14-5-3-4-13(9-14)15(16)8-12-6-7-17-10-12/h3-7,9-11,15-16H,8H2,1-2H3. The lowest BCUT2D eigenvalue weighted by atomic mass is 10.0. The zero-order chi connectivity index (χ0) is 13.0. The number of ether oxygens (including phenoxy) is 1. The summed E-state index contributed by atoms with van der Waals surface area (Å²) < 4.78 is 10.6. The quantitative estimate of drug-likeness (QED) is 0.879. The van der Waals surface area contributed by atoms with Gasteiger partial charge in [0.25, 0.3) is 0 Å². The highest BCUT2D eigenvalue weighted by Gasteiger charge is 2.10. The zero-order valence-corrected chi connectivity index (χ0v) is 10.7. The van der Waals surface area contributed by atoms with Crippen molar-refractivity contribution in [2.24, 2.45) is 0 Å². The van der Waals surface area contributed by atoms with Crippen molar-refractivity contribution in [3.8, 4) is 5.75 Å². The van der Waals surface area contributed by atoms with Crippen LogP contribution in [0.1, 0.15) is 31.1 Å². The van der Waals surface area contributed by atoms with Gasteiger partial charge in [0.1, 0.15) is 5.75 Å². The van der Waals surface area contributed by atoms with Gasteiger partial charge in [-0.2, -0.15) is 0 Å². The van der Waals surface area contributed by atoms with Gasteiger partial charge in [-0.3, -0.25) is 0 Å². The predicted octanol–water partition coefficient (Wildman–Crippen LogP) is 3.34. The Balaban J connectivity index is 2.07. The average Bonchev–Trinajstić information content (AvgIpc) is 2.81. The topological polar surface area (TPSA) is 42.6 Å². The number of hydrogen-bond donors (Lipinski definition) is 1. The molecule has 3 nitrogen and oxygen atoms in total. The number of hydrogen-bond acceptors (Lipinski definition) is 3. The molecule has 18 heavy (non-hydrogen) atoms. The summed E-state index contributed by atoms with van der Waals surface area (Å²) >= 11 is 0. The van der Waals surface area contributed by atoms with E-state index in [0.29, 0.717) is 6.42 Å². The molecule has 0 saturated carbocycles. The SMILES string of the molecule is CC(C)Oc1cccc(C(O)Cc2ccoc2)c1. The summed E-state index contributed by atoms with van der Waals surface area (Å²) in [7, 11) is 0. The van der Waals surface area contributed by atoms with Crippen LogP contribution in [0.25, 0.3) is 0 Å². The molecule has 2 rings (SSSR count). The van der Waals surface area contributed by atoms with Crippen molar-refractivity contribution in [3.63, 3.8) is 0 Å². The van der Waals surface area contributed by atoms with Crippen LogP contribution in [0.5, 0.6) is 5.75 Å². The second kappa shape index (κ2) is 5.74. The molecule has 0 fully saturated rings. The monoisotopic (exact) mass is 246 g/mol. The largest absolute Gasteiger partial charge is 0.491 e. The first-order valence-electron chi connectivity index (χ1n) is 6.11. The molecule has 0 radical (unpaired) electrons. The number of furan rings is 1. The summed E-state index contributed by atoms with van der Waals surface area (Å²) in [5, 5.41) is 10.2. The predicted molar refractivity (Wildman–Crippen MR) is 69.6 cm³/mol. The molecule has 2 aromatic rings. The Morgan fingerprint density at radius 1 is 1.28 bits per heavy atom. The van der Waals surface area contributed by atoms with Gasteiger partial charge in [-0.1, -0.05) is 12.1 Å². The number of rotatable bonds is 5. The van der Waals surface area contributed by atoms with Crippen molar-refractivity contribution in [1.29, 1.82) is 0 Å². The Hall–Kier alpha value is -1.74. The van der Waals surface area contributed by atoms with Gasteiger partial charge >= 0.3 is 0 Å². The molecule has 0 aliphatic carbocycles. The average molecular weight is 246 g/mol. The van der Waals surface area contributed by atoms with Crippen LogP contribution in [0.3, 0.4) is 0 Å². The van der Waals surface area contributed by atoms with Crippen molar-refractivity contribution in [2.75, 3.05) is 0 Å². The molecule has 0 spiro atoms. The fraction of sp³-hybridized carbons (Fsp3) is 0.333. The van der Waals surface area contributed by atoms with Gasteiger partial charge in [-0.25, -0.2) is 0 Å². The lowest BCUT2D eigenvalue weighted by Crippen LogP contribution is -2.07. The summed E-state index contributed by atoms with van der Waals surface area (Å²) in [5.74, 6) is 0.786. The molecule has 0 amide bonds. The summed E-state index contributed by atoms with van der Waals surface area (Å²) in [4.78, 5) is 0. The van der Waals surface area contributed by atoms with Gasteiger partial charge in [0.15, 0.2) is 0 Å². The minimum absolute atomic E-state index is 0.131. The second-order valence-electron chi connectivity index (χ2n) is 4.59. The third kappa shape index (κ3) is 3.37. The first-order valence-corrected chi connectivity index (χ1v) is 6.11. The number of aliphatic hydroxyl groups is 1. The van der Waals surface area contributed by atoms with E-state index >= 15 is 0 Å². The molecular weight excluding hydrogens is 228 g/mol. The first-order chi connectivity index (χ1) is 8.65. The van der Waals surface area contributed by atoms with Gasteiger partial charge in [0, 0.05) is 6.42 Å². The van der Waals surface area contributed by atoms with Crippen LogP contribution in [0, 0.1) is 0 Å². The summed E-state index contributed by atoms with van der Waals surface area (Å²) in [6.45, 7) is 3.96. The Labute approximate surface area is 107 Å². The zero-order valence-electron chi connectivity index (χ0n) is 10.7. The van der Waals surface area contributed by atoms with Crippen LogP contribution in [0.2, 0.25) is 0 Å². The third-order valence-corrected chi connectivity index (χ3v) is 2.62. The molecule has 0 aliphatic heterocycles. The van der Waals surface area contributed by atoms with Gasteiger partial charge < -0.3 is 14.3 Å². The smallest absolute Gasteiger partial charge is 0.120 e. The highest BCUT2D eigenvalue weighted by atomic mass is 16.5. The van der Waals surface area contributed by atoms with Gasteiger partial charge in [-0.05, 0) is 43.2 Å². The van der Waals surface area contributed by atoms with Crippen LogP contribution < -0.4 is 4.74 Å². The molecule has 0 saturated heterocycles. The fourth-order valence-corrected chi connectivity index (χ4v) is 1.82. The highest BCUT2D eigenvalue weighted by molar-refractivity contribution is 5.30. The Bertz CT molecular complexity index is 474. The van der Waals surface area contributed by atoms with Crippen LogP contribution >= 0.6 is 0 Å².